The van der Waals surface area contributed by atoms with E-state index in [9.17, 15) is 8.78 Å². The third-order valence-electron chi connectivity index (χ3n) is 3.21. The lowest BCUT2D eigenvalue weighted by Crippen LogP contribution is -1.95. The van der Waals surface area contributed by atoms with Gasteiger partial charge in [-0.25, -0.2) is 13.8 Å². The normalized spacial score (nSPS) is 10.8. The van der Waals surface area contributed by atoms with Gasteiger partial charge in [-0.3, -0.25) is 5.14 Å². The zero-order chi connectivity index (χ0) is 17.1. The van der Waals surface area contributed by atoms with Crippen molar-refractivity contribution in [2.75, 3.05) is 0 Å². The van der Waals surface area contributed by atoms with Crippen molar-refractivity contribution in [3.05, 3.63) is 60.0 Å². The quantitative estimate of drug-likeness (QED) is 0.318. The maximum Gasteiger partial charge on any atom is 0.202 e. The van der Waals surface area contributed by atoms with Crippen LogP contribution in [0.5, 0.6) is 5.75 Å². The van der Waals surface area contributed by atoms with Gasteiger partial charge in [0.2, 0.25) is 5.75 Å². The summed E-state index contributed by atoms with van der Waals surface area (Å²) in [6.07, 6.45) is 0. The lowest BCUT2D eigenvalue weighted by atomic mass is 10.1. The number of nitrogens with zero attached hydrogens (tertiary/aromatic N) is 1. The largest absolute Gasteiger partial charge is 0.440 e. The molecule has 3 aromatic rings. The number of rotatable bonds is 5. The van der Waals surface area contributed by atoms with Crippen molar-refractivity contribution in [1.82, 2.24) is 4.98 Å². The summed E-state index contributed by atoms with van der Waals surface area (Å²) in [6, 6.07) is 10.0. The first-order chi connectivity index (χ1) is 11.6. The third kappa shape index (κ3) is 3.40. The molecule has 0 radical (unpaired) electrons. The first kappa shape index (κ1) is 16.4. The van der Waals surface area contributed by atoms with E-state index in [0.717, 1.165) is 0 Å². The predicted octanol–water partition coefficient (Wildman–Crippen LogP) is 4.43. The van der Waals surface area contributed by atoms with E-state index in [-0.39, 0.29) is 11.6 Å². The van der Waals surface area contributed by atoms with E-state index in [2.05, 4.69) is 14.2 Å². The van der Waals surface area contributed by atoms with E-state index in [4.69, 9.17) is 9.56 Å². The van der Waals surface area contributed by atoms with Gasteiger partial charge in [0.25, 0.3) is 0 Å². The molecule has 0 aliphatic heterocycles. The molecule has 8 heteroatoms. The maximum atomic E-state index is 14.1. The fourth-order valence-corrected chi connectivity index (χ4v) is 2.30. The molecule has 124 valence electrons. The van der Waals surface area contributed by atoms with Gasteiger partial charge in [-0.15, -0.1) is 0 Å². The zero-order valence-corrected chi connectivity index (χ0v) is 13.3. The van der Waals surface area contributed by atoms with E-state index < -0.39 is 5.82 Å². The van der Waals surface area contributed by atoms with Crippen LogP contribution in [-0.2, 0) is 4.33 Å². The van der Waals surface area contributed by atoms with Gasteiger partial charge in [-0.2, -0.15) is 0 Å². The average molecular weight is 350 g/mol. The number of oxazole rings is 1. The minimum Gasteiger partial charge on any atom is -0.440 e. The van der Waals surface area contributed by atoms with E-state index >= 15 is 0 Å². The summed E-state index contributed by atoms with van der Waals surface area (Å²) in [5, 5.41) is 5.04. The molecule has 0 bridgehead atoms. The summed E-state index contributed by atoms with van der Waals surface area (Å²) in [7, 11) is 0. The summed E-state index contributed by atoms with van der Waals surface area (Å²) in [5.74, 6) is -0.339. The summed E-state index contributed by atoms with van der Waals surface area (Å²) < 4.78 is 37.2. The molecular weight excluding hydrogens is 338 g/mol. The molecule has 0 atom stereocenters. The lowest BCUT2D eigenvalue weighted by molar-refractivity contribution is -0.0810. The van der Waals surface area contributed by atoms with Crippen LogP contribution in [0.2, 0.25) is 0 Å². The Morgan fingerprint density at radius 2 is 1.79 bits per heavy atom. The Kier molecular flexibility index (Phi) is 4.79. The Labute approximate surface area is 140 Å². The first-order valence-electron chi connectivity index (χ1n) is 6.82. The molecule has 24 heavy (non-hydrogen) atoms. The molecule has 2 N–H and O–H groups in total. The molecule has 1 heterocycles. The van der Waals surface area contributed by atoms with Crippen LogP contribution in [0.4, 0.5) is 8.78 Å². The monoisotopic (exact) mass is 350 g/mol. The van der Waals surface area contributed by atoms with Crippen LogP contribution >= 0.6 is 12.2 Å². The molecule has 3 rings (SSSR count). The molecule has 0 spiro atoms. The van der Waals surface area contributed by atoms with Crippen molar-refractivity contribution >= 4 is 12.2 Å². The van der Waals surface area contributed by atoms with Gasteiger partial charge in [0, 0.05) is 18.1 Å². The minimum absolute atomic E-state index is 0.115. The fourth-order valence-electron chi connectivity index (χ4n) is 2.19. The highest BCUT2D eigenvalue weighted by molar-refractivity contribution is 7.92. The summed E-state index contributed by atoms with van der Waals surface area (Å²) >= 11 is 0.462. The highest BCUT2D eigenvalue weighted by Gasteiger charge is 2.17. The van der Waals surface area contributed by atoms with Crippen LogP contribution in [0.15, 0.2) is 46.9 Å². The van der Waals surface area contributed by atoms with Gasteiger partial charge < -0.3 is 9.30 Å². The van der Waals surface area contributed by atoms with E-state index in [1.54, 1.807) is 25.1 Å². The summed E-state index contributed by atoms with van der Waals surface area (Å²) in [4.78, 5) is 8.99. The number of hydrogen-bond acceptors (Lipinski definition) is 6. The number of aryl methyl sites for hydroxylation is 1. The van der Waals surface area contributed by atoms with Crippen molar-refractivity contribution < 1.29 is 22.4 Å². The molecular formula is C16H12F2N2O3S. The average Bonchev–Trinajstić information content (AvgIpc) is 2.96. The van der Waals surface area contributed by atoms with Gasteiger partial charge in [0.15, 0.2) is 17.5 Å². The molecule has 5 nitrogen and oxygen atoms in total. The predicted molar refractivity (Wildman–Crippen MR) is 85.5 cm³/mol. The van der Waals surface area contributed by atoms with Crippen LogP contribution in [-0.4, -0.2) is 4.98 Å². The smallest absolute Gasteiger partial charge is 0.202 e. The highest BCUT2D eigenvalue weighted by Crippen LogP contribution is 2.34. The Balaban J connectivity index is 2.01. The zero-order valence-electron chi connectivity index (χ0n) is 12.5. The molecule has 2 aromatic carbocycles. The molecule has 0 unspecified atom stereocenters. The van der Waals surface area contributed by atoms with Crippen molar-refractivity contribution in [3.8, 4) is 28.3 Å². The molecule has 1 aromatic heterocycles. The SMILES string of the molecule is Cc1nc(-c2ccc(F)cc2)c(-c2ccc(OOSN)c(F)c2)o1. The van der Waals surface area contributed by atoms with Crippen LogP contribution in [0, 0.1) is 18.6 Å². The molecule has 0 amide bonds. The van der Waals surface area contributed by atoms with E-state index in [1.165, 1.54) is 24.3 Å². The molecule has 0 saturated heterocycles. The molecule has 0 aliphatic rings. The summed E-state index contributed by atoms with van der Waals surface area (Å²) in [6.45, 7) is 1.68. The Bertz CT molecular complexity index is 853. The van der Waals surface area contributed by atoms with E-state index in [0.29, 0.717) is 40.7 Å². The topological polar surface area (TPSA) is 70.5 Å². The minimum atomic E-state index is -0.652. The first-order valence-corrected chi connectivity index (χ1v) is 7.62. The lowest BCUT2D eigenvalue weighted by Gasteiger charge is -2.05. The van der Waals surface area contributed by atoms with Crippen molar-refractivity contribution in [2.45, 2.75) is 6.92 Å². The van der Waals surface area contributed by atoms with Crippen LogP contribution < -0.4 is 10.0 Å². The number of halogens is 2. The van der Waals surface area contributed by atoms with Gasteiger partial charge in [0.1, 0.15) is 23.7 Å². The van der Waals surface area contributed by atoms with E-state index in [1.807, 2.05) is 0 Å². The van der Waals surface area contributed by atoms with Crippen LogP contribution in [0.3, 0.4) is 0 Å². The molecule has 0 fully saturated rings. The number of hydrogen-bond donors (Lipinski definition) is 1. The Hall–Kier alpha value is -2.42. The maximum absolute atomic E-state index is 14.1. The second kappa shape index (κ2) is 7.00. The van der Waals surface area contributed by atoms with Gasteiger partial charge in [0.05, 0.1) is 0 Å². The molecule has 0 aliphatic carbocycles. The van der Waals surface area contributed by atoms with Crippen molar-refractivity contribution in [1.29, 1.82) is 0 Å². The number of aromatic nitrogens is 1. The number of benzene rings is 2. The van der Waals surface area contributed by atoms with Crippen LogP contribution in [0.1, 0.15) is 5.89 Å². The van der Waals surface area contributed by atoms with Gasteiger partial charge >= 0.3 is 0 Å². The Morgan fingerprint density at radius 3 is 2.46 bits per heavy atom. The molecule has 0 saturated carbocycles. The van der Waals surface area contributed by atoms with Gasteiger partial charge in [-0.1, -0.05) is 4.33 Å². The fraction of sp³-hybridized carbons (Fsp3) is 0.0625. The summed E-state index contributed by atoms with van der Waals surface area (Å²) in [5.41, 5.74) is 1.61. The highest BCUT2D eigenvalue weighted by atomic mass is 32.2. The van der Waals surface area contributed by atoms with Gasteiger partial charge in [-0.05, 0) is 42.5 Å². The second-order valence-electron chi connectivity index (χ2n) is 4.81. The van der Waals surface area contributed by atoms with Crippen LogP contribution in [0.25, 0.3) is 22.6 Å². The third-order valence-corrected chi connectivity index (χ3v) is 3.36. The number of nitrogens with two attached hydrogens (primary N) is 1. The van der Waals surface area contributed by atoms with Crippen molar-refractivity contribution in [2.24, 2.45) is 5.14 Å². The standard InChI is InChI=1S/C16H12F2N2O3S/c1-9-20-15(10-2-5-12(17)6-3-10)16(21-9)11-4-7-14(13(18)8-11)22-23-24-19/h2-8H,19H2,1H3. The Morgan fingerprint density at radius 1 is 1.08 bits per heavy atom. The second-order valence-corrected chi connectivity index (χ2v) is 5.14. The van der Waals surface area contributed by atoms with Crippen molar-refractivity contribution in [3.63, 3.8) is 0 Å².